The van der Waals surface area contributed by atoms with Gasteiger partial charge in [-0.1, -0.05) is 39.3 Å². The lowest BCUT2D eigenvalue weighted by Gasteiger charge is -2.27. The third kappa shape index (κ3) is 2.71. The van der Waals surface area contributed by atoms with E-state index in [0.717, 1.165) is 5.69 Å². The highest BCUT2D eigenvalue weighted by Gasteiger charge is 2.22. The highest BCUT2D eigenvalue weighted by Crippen LogP contribution is 2.35. The monoisotopic (exact) mass is 211 g/mol. The van der Waals surface area contributed by atoms with Crippen molar-refractivity contribution in [2.45, 2.75) is 40.5 Å². The van der Waals surface area contributed by atoms with E-state index in [-0.39, 0.29) is 5.41 Å². The van der Waals surface area contributed by atoms with E-state index in [1.54, 1.807) is 0 Å². The molecule has 0 N–H and O–H groups in total. The molecule has 2 heteroatoms. The van der Waals surface area contributed by atoms with Crippen LogP contribution in [-0.2, 0) is 0 Å². The van der Waals surface area contributed by atoms with E-state index in [4.69, 9.17) is 11.6 Å². The number of halogens is 1. The molecule has 0 saturated heterocycles. The van der Waals surface area contributed by atoms with E-state index in [2.05, 4.69) is 38.7 Å². The maximum Gasteiger partial charge on any atom is 0.129 e. The first-order valence-electron chi connectivity index (χ1n) is 4.95. The predicted octanol–water partition coefficient (Wildman–Crippen LogP) is 4.19. The molecule has 1 nitrogen and oxygen atoms in total. The minimum absolute atomic E-state index is 0.261. The van der Waals surface area contributed by atoms with Gasteiger partial charge < -0.3 is 0 Å². The molecule has 78 valence electrons. The average Bonchev–Trinajstić information content (AvgIpc) is 1.99. The first kappa shape index (κ1) is 11.5. The van der Waals surface area contributed by atoms with Crippen molar-refractivity contribution in [3.05, 3.63) is 28.5 Å². The molecular weight excluding hydrogens is 194 g/mol. The maximum absolute atomic E-state index is 5.93. The quantitative estimate of drug-likeness (QED) is 0.635. The molecule has 1 aromatic heterocycles. The second-order valence-corrected chi connectivity index (χ2v) is 5.34. The Morgan fingerprint density at radius 1 is 1.29 bits per heavy atom. The van der Waals surface area contributed by atoms with Crippen LogP contribution in [-0.4, -0.2) is 4.98 Å². The normalized spacial score (nSPS) is 14.1. The van der Waals surface area contributed by atoms with Crippen molar-refractivity contribution in [1.82, 2.24) is 4.98 Å². The Morgan fingerprint density at radius 2 is 1.86 bits per heavy atom. The molecule has 1 atom stereocenters. The van der Waals surface area contributed by atoms with Crippen LogP contribution in [0.15, 0.2) is 12.1 Å². The molecule has 1 aromatic rings. The number of nitrogens with zero attached hydrogens (tertiary/aromatic N) is 1. The Kier molecular flexibility index (Phi) is 3.20. The van der Waals surface area contributed by atoms with Crippen LogP contribution < -0.4 is 0 Å². The lowest BCUT2D eigenvalue weighted by atomic mass is 9.78. The lowest BCUT2D eigenvalue weighted by Crippen LogP contribution is -2.15. The summed E-state index contributed by atoms with van der Waals surface area (Å²) in [7, 11) is 0. The summed E-state index contributed by atoms with van der Waals surface area (Å²) >= 11 is 5.93. The Morgan fingerprint density at radius 3 is 2.29 bits per heavy atom. The molecule has 0 spiro atoms. The molecular formula is C12H18ClN. The van der Waals surface area contributed by atoms with Crippen molar-refractivity contribution in [2.24, 2.45) is 5.41 Å². The van der Waals surface area contributed by atoms with E-state index < -0.39 is 0 Å². The minimum atomic E-state index is 0.261. The average molecular weight is 212 g/mol. The molecule has 0 fully saturated rings. The van der Waals surface area contributed by atoms with Gasteiger partial charge >= 0.3 is 0 Å². The molecule has 0 saturated carbocycles. The fourth-order valence-corrected chi connectivity index (χ4v) is 1.66. The van der Waals surface area contributed by atoms with E-state index in [1.165, 1.54) is 5.56 Å². The van der Waals surface area contributed by atoms with Crippen LogP contribution in [0.1, 0.15) is 44.9 Å². The summed E-state index contributed by atoms with van der Waals surface area (Å²) in [6.45, 7) is 10.9. The van der Waals surface area contributed by atoms with Gasteiger partial charge in [-0.15, -0.1) is 0 Å². The standard InChI is InChI=1S/C12H18ClN/c1-8-6-10(7-11(13)14-8)9(2)12(3,4)5/h6-7,9H,1-5H3. The first-order valence-corrected chi connectivity index (χ1v) is 5.32. The van der Waals surface area contributed by atoms with Crippen molar-refractivity contribution in [3.63, 3.8) is 0 Å². The number of rotatable bonds is 1. The summed E-state index contributed by atoms with van der Waals surface area (Å²) in [4.78, 5) is 4.16. The zero-order chi connectivity index (χ0) is 10.9. The predicted molar refractivity (Wildman–Crippen MR) is 61.9 cm³/mol. The summed E-state index contributed by atoms with van der Waals surface area (Å²) in [5, 5.41) is 0.594. The topological polar surface area (TPSA) is 12.9 Å². The fourth-order valence-electron chi connectivity index (χ4n) is 1.40. The van der Waals surface area contributed by atoms with Gasteiger partial charge in [-0.3, -0.25) is 0 Å². The molecule has 0 aliphatic heterocycles. The summed E-state index contributed by atoms with van der Waals surface area (Å²) < 4.78 is 0. The van der Waals surface area contributed by atoms with Crippen LogP contribution >= 0.6 is 11.6 Å². The smallest absolute Gasteiger partial charge is 0.129 e. The number of aromatic nitrogens is 1. The third-order valence-corrected chi connectivity index (χ3v) is 2.94. The SMILES string of the molecule is Cc1cc(C(C)C(C)(C)C)cc(Cl)n1. The van der Waals surface area contributed by atoms with Gasteiger partial charge in [0.15, 0.2) is 0 Å². The highest BCUT2D eigenvalue weighted by molar-refractivity contribution is 6.29. The summed E-state index contributed by atoms with van der Waals surface area (Å²) in [5.74, 6) is 0.488. The van der Waals surface area contributed by atoms with E-state index >= 15 is 0 Å². The van der Waals surface area contributed by atoms with Crippen LogP contribution in [0.4, 0.5) is 0 Å². The van der Waals surface area contributed by atoms with Gasteiger partial charge in [0.05, 0.1) is 0 Å². The molecule has 0 aromatic carbocycles. The summed E-state index contributed by atoms with van der Waals surface area (Å²) in [5.41, 5.74) is 2.52. The van der Waals surface area contributed by atoms with Crippen LogP contribution in [0.2, 0.25) is 5.15 Å². The van der Waals surface area contributed by atoms with Gasteiger partial charge in [-0.05, 0) is 36.0 Å². The van der Waals surface area contributed by atoms with Crippen molar-refractivity contribution in [3.8, 4) is 0 Å². The van der Waals surface area contributed by atoms with Gasteiger partial charge in [0, 0.05) is 5.69 Å². The van der Waals surface area contributed by atoms with Gasteiger partial charge in [0.1, 0.15) is 5.15 Å². The van der Waals surface area contributed by atoms with Gasteiger partial charge in [0.2, 0.25) is 0 Å². The Balaban J connectivity index is 3.07. The van der Waals surface area contributed by atoms with E-state index in [9.17, 15) is 0 Å². The Hall–Kier alpha value is -0.560. The Bertz CT molecular complexity index is 305. The van der Waals surface area contributed by atoms with E-state index in [0.29, 0.717) is 11.1 Å². The van der Waals surface area contributed by atoms with E-state index in [1.807, 2.05) is 13.0 Å². The van der Waals surface area contributed by atoms with Crippen molar-refractivity contribution in [1.29, 1.82) is 0 Å². The minimum Gasteiger partial charge on any atom is -0.241 e. The van der Waals surface area contributed by atoms with Crippen LogP contribution in [0.3, 0.4) is 0 Å². The molecule has 0 amide bonds. The fraction of sp³-hybridized carbons (Fsp3) is 0.583. The number of hydrogen-bond acceptors (Lipinski definition) is 1. The van der Waals surface area contributed by atoms with Crippen LogP contribution in [0.25, 0.3) is 0 Å². The van der Waals surface area contributed by atoms with Gasteiger partial charge in [-0.2, -0.15) is 0 Å². The maximum atomic E-state index is 5.93. The molecule has 14 heavy (non-hydrogen) atoms. The zero-order valence-corrected chi connectivity index (χ0v) is 10.3. The van der Waals surface area contributed by atoms with Crippen molar-refractivity contribution in [2.75, 3.05) is 0 Å². The van der Waals surface area contributed by atoms with Gasteiger partial charge in [-0.25, -0.2) is 4.98 Å². The molecule has 0 bridgehead atoms. The second-order valence-electron chi connectivity index (χ2n) is 4.95. The molecule has 0 radical (unpaired) electrons. The molecule has 1 unspecified atom stereocenters. The third-order valence-electron chi connectivity index (χ3n) is 2.74. The molecule has 0 aliphatic rings. The zero-order valence-electron chi connectivity index (χ0n) is 9.56. The van der Waals surface area contributed by atoms with Crippen molar-refractivity contribution >= 4 is 11.6 Å². The van der Waals surface area contributed by atoms with Crippen LogP contribution in [0, 0.1) is 12.3 Å². The van der Waals surface area contributed by atoms with Gasteiger partial charge in [0.25, 0.3) is 0 Å². The largest absolute Gasteiger partial charge is 0.241 e. The van der Waals surface area contributed by atoms with Crippen molar-refractivity contribution < 1.29 is 0 Å². The first-order chi connectivity index (χ1) is 6.30. The summed E-state index contributed by atoms with van der Waals surface area (Å²) in [6, 6.07) is 4.08. The molecule has 0 aliphatic carbocycles. The summed E-state index contributed by atoms with van der Waals surface area (Å²) in [6.07, 6.45) is 0. The number of hydrogen-bond donors (Lipinski definition) is 0. The lowest BCUT2D eigenvalue weighted by molar-refractivity contribution is 0.339. The molecule has 1 rings (SSSR count). The highest BCUT2D eigenvalue weighted by atomic mass is 35.5. The number of aryl methyl sites for hydroxylation is 1. The number of pyridine rings is 1. The molecule has 1 heterocycles. The second kappa shape index (κ2) is 3.90. The van der Waals surface area contributed by atoms with Crippen LogP contribution in [0.5, 0.6) is 0 Å². The Labute approximate surface area is 91.5 Å².